The third-order valence-corrected chi connectivity index (χ3v) is 3.04. The van der Waals surface area contributed by atoms with Gasteiger partial charge in [0.15, 0.2) is 12.0 Å². The Bertz CT molecular complexity index is 628. The van der Waals surface area contributed by atoms with Crippen molar-refractivity contribution in [2.45, 2.75) is 0 Å². The molecule has 0 radical (unpaired) electrons. The Morgan fingerprint density at radius 2 is 1.81 bits per heavy atom. The maximum absolute atomic E-state index is 5.28. The van der Waals surface area contributed by atoms with E-state index in [1.54, 1.807) is 0 Å². The second kappa shape index (κ2) is 3.76. The van der Waals surface area contributed by atoms with Crippen LogP contribution in [0.4, 0.5) is 0 Å². The van der Waals surface area contributed by atoms with Gasteiger partial charge in [-0.05, 0) is 23.8 Å². The van der Waals surface area contributed by atoms with Gasteiger partial charge in [-0.15, -0.1) is 0 Å². The van der Waals surface area contributed by atoms with Crippen LogP contribution in [-0.4, -0.2) is 4.98 Å². The summed E-state index contributed by atoms with van der Waals surface area (Å²) < 4.78 is 6.36. The molecule has 3 rings (SSSR count). The molecule has 3 aromatic rings. The molecular formula is C13H8BrNO. The van der Waals surface area contributed by atoms with Crippen LogP contribution in [0.3, 0.4) is 0 Å². The van der Waals surface area contributed by atoms with Crippen molar-refractivity contribution in [1.82, 2.24) is 4.98 Å². The highest BCUT2D eigenvalue weighted by molar-refractivity contribution is 9.10. The number of hydrogen-bond acceptors (Lipinski definition) is 2. The number of nitrogens with zero attached hydrogens (tertiary/aromatic N) is 1. The minimum absolute atomic E-state index is 0.820. The predicted molar refractivity (Wildman–Crippen MR) is 67.1 cm³/mol. The van der Waals surface area contributed by atoms with Gasteiger partial charge < -0.3 is 4.42 Å². The molecule has 1 aromatic heterocycles. The topological polar surface area (TPSA) is 26.0 Å². The third-order valence-electron chi connectivity index (χ3n) is 2.52. The van der Waals surface area contributed by atoms with Crippen LogP contribution in [0.25, 0.3) is 22.2 Å². The molecule has 0 unspecified atom stereocenters. The number of halogens is 1. The number of hydrogen-bond donors (Lipinski definition) is 0. The predicted octanol–water partition coefficient (Wildman–Crippen LogP) is 4.26. The summed E-state index contributed by atoms with van der Waals surface area (Å²) in [5, 5.41) is 0. The maximum atomic E-state index is 5.28. The highest BCUT2D eigenvalue weighted by Gasteiger charge is 2.06. The number of rotatable bonds is 1. The summed E-state index contributed by atoms with van der Waals surface area (Å²) in [5.74, 6) is 0. The normalized spacial score (nSPS) is 10.8. The van der Waals surface area contributed by atoms with E-state index in [1.165, 1.54) is 6.39 Å². The molecule has 0 fully saturated rings. The Kier molecular flexibility index (Phi) is 2.26. The van der Waals surface area contributed by atoms with E-state index in [1.807, 2.05) is 30.3 Å². The monoisotopic (exact) mass is 273 g/mol. The first-order valence-corrected chi connectivity index (χ1v) is 5.72. The summed E-state index contributed by atoms with van der Waals surface area (Å²) in [5.41, 5.74) is 3.96. The lowest BCUT2D eigenvalue weighted by Gasteiger charge is -2.01. The lowest BCUT2D eigenvalue weighted by atomic mass is 10.0. The summed E-state index contributed by atoms with van der Waals surface area (Å²) in [6.07, 6.45) is 1.48. The van der Waals surface area contributed by atoms with Crippen molar-refractivity contribution in [3.05, 3.63) is 53.3 Å². The molecule has 2 aromatic carbocycles. The molecule has 0 saturated carbocycles. The highest BCUT2D eigenvalue weighted by atomic mass is 79.9. The molecule has 0 aliphatic rings. The summed E-state index contributed by atoms with van der Waals surface area (Å²) in [6, 6.07) is 14.1. The van der Waals surface area contributed by atoms with Crippen molar-refractivity contribution in [1.29, 1.82) is 0 Å². The molecule has 1 heterocycles. The zero-order valence-corrected chi connectivity index (χ0v) is 9.94. The summed E-state index contributed by atoms with van der Waals surface area (Å²) in [4.78, 5) is 4.24. The molecule has 0 N–H and O–H groups in total. The van der Waals surface area contributed by atoms with E-state index in [0.717, 1.165) is 26.7 Å². The molecule has 0 bridgehead atoms. The minimum Gasteiger partial charge on any atom is -0.443 e. The Labute approximate surface area is 101 Å². The molecule has 16 heavy (non-hydrogen) atoms. The number of aromatic nitrogens is 1. The van der Waals surface area contributed by atoms with Gasteiger partial charge in [0, 0.05) is 10.0 Å². The average molecular weight is 274 g/mol. The number of benzene rings is 2. The Morgan fingerprint density at radius 1 is 1.00 bits per heavy atom. The van der Waals surface area contributed by atoms with Crippen molar-refractivity contribution in [3.8, 4) is 11.1 Å². The summed E-state index contributed by atoms with van der Waals surface area (Å²) >= 11 is 3.43. The fourth-order valence-electron chi connectivity index (χ4n) is 1.75. The fraction of sp³-hybridized carbons (Fsp3) is 0. The van der Waals surface area contributed by atoms with Gasteiger partial charge in [-0.25, -0.2) is 4.98 Å². The quantitative estimate of drug-likeness (QED) is 0.662. The van der Waals surface area contributed by atoms with Crippen molar-refractivity contribution in [2.24, 2.45) is 0 Å². The Hall–Kier alpha value is -1.61. The molecule has 0 atom stereocenters. The molecule has 3 heteroatoms. The van der Waals surface area contributed by atoms with Gasteiger partial charge in [0.1, 0.15) is 5.52 Å². The van der Waals surface area contributed by atoms with E-state index in [0.29, 0.717) is 0 Å². The van der Waals surface area contributed by atoms with Crippen LogP contribution in [-0.2, 0) is 0 Å². The molecule has 0 amide bonds. The SMILES string of the molecule is Brc1ccc(-c2cccc3ocnc23)cc1. The van der Waals surface area contributed by atoms with Gasteiger partial charge in [0.05, 0.1) is 0 Å². The van der Waals surface area contributed by atoms with Gasteiger partial charge >= 0.3 is 0 Å². The first-order valence-electron chi connectivity index (χ1n) is 4.93. The molecule has 0 aliphatic heterocycles. The molecule has 0 spiro atoms. The van der Waals surface area contributed by atoms with Crippen molar-refractivity contribution >= 4 is 27.0 Å². The van der Waals surface area contributed by atoms with E-state index >= 15 is 0 Å². The number of oxazole rings is 1. The van der Waals surface area contributed by atoms with Gasteiger partial charge in [-0.1, -0.05) is 40.2 Å². The first kappa shape index (κ1) is 9.60. The van der Waals surface area contributed by atoms with Gasteiger partial charge in [-0.2, -0.15) is 0 Å². The van der Waals surface area contributed by atoms with Gasteiger partial charge in [-0.3, -0.25) is 0 Å². The zero-order chi connectivity index (χ0) is 11.0. The number of para-hydroxylation sites is 1. The van der Waals surface area contributed by atoms with Crippen molar-refractivity contribution in [3.63, 3.8) is 0 Å². The molecular weight excluding hydrogens is 266 g/mol. The van der Waals surface area contributed by atoms with Gasteiger partial charge in [0.25, 0.3) is 0 Å². The Balaban J connectivity index is 2.25. The largest absolute Gasteiger partial charge is 0.443 e. The lowest BCUT2D eigenvalue weighted by Crippen LogP contribution is -1.79. The van der Waals surface area contributed by atoms with E-state index in [-0.39, 0.29) is 0 Å². The van der Waals surface area contributed by atoms with E-state index in [4.69, 9.17) is 4.42 Å². The molecule has 0 saturated heterocycles. The molecule has 2 nitrogen and oxygen atoms in total. The van der Waals surface area contributed by atoms with Crippen LogP contribution in [0, 0.1) is 0 Å². The zero-order valence-electron chi connectivity index (χ0n) is 8.35. The van der Waals surface area contributed by atoms with Crippen molar-refractivity contribution < 1.29 is 4.42 Å². The average Bonchev–Trinajstić information content (AvgIpc) is 2.78. The third kappa shape index (κ3) is 1.53. The molecule has 78 valence electrons. The van der Waals surface area contributed by atoms with E-state index < -0.39 is 0 Å². The molecule has 0 aliphatic carbocycles. The van der Waals surface area contributed by atoms with Gasteiger partial charge in [0.2, 0.25) is 0 Å². The fourth-order valence-corrected chi connectivity index (χ4v) is 2.01. The van der Waals surface area contributed by atoms with E-state index in [2.05, 4.69) is 33.0 Å². The van der Waals surface area contributed by atoms with Crippen LogP contribution >= 0.6 is 15.9 Å². The highest BCUT2D eigenvalue weighted by Crippen LogP contribution is 2.28. The first-order chi connectivity index (χ1) is 7.84. The van der Waals surface area contributed by atoms with Crippen LogP contribution < -0.4 is 0 Å². The standard InChI is InChI=1S/C13H8BrNO/c14-10-6-4-9(5-7-10)11-2-1-3-12-13(11)15-8-16-12/h1-8H. The van der Waals surface area contributed by atoms with E-state index in [9.17, 15) is 0 Å². The van der Waals surface area contributed by atoms with Crippen LogP contribution in [0.1, 0.15) is 0 Å². The minimum atomic E-state index is 0.820. The van der Waals surface area contributed by atoms with Crippen LogP contribution in [0.2, 0.25) is 0 Å². The smallest absolute Gasteiger partial charge is 0.182 e. The second-order valence-corrected chi connectivity index (χ2v) is 4.43. The second-order valence-electron chi connectivity index (χ2n) is 3.51. The summed E-state index contributed by atoms with van der Waals surface area (Å²) in [7, 11) is 0. The Morgan fingerprint density at radius 3 is 2.62 bits per heavy atom. The maximum Gasteiger partial charge on any atom is 0.182 e. The van der Waals surface area contributed by atoms with Crippen LogP contribution in [0.5, 0.6) is 0 Å². The lowest BCUT2D eigenvalue weighted by molar-refractivity contribution is 0.602. The van der Waals surface area contributed by atoms with Crippen LogP contribution in [0.15, 0.2) is 57.7 Å². The summed E-state index contributed by atoms with van der Waals surface area (Å²) in [6.45, 7) is 0. The number of fused-ring (bicyclic) bond motifs is 1. The van der Waals surface area contributed by atoms with Crippen molar-refractivity contribution in [2.75, 3.05) is 0 Å².